The SMILES string of the molecule is COC(=O)C(CBr)C1CC1. The summed E-state index contributed by atoms with van der Waals surface area (Å²) in [5.74, 6) is 0.621. The minimum atomic E-state index is -0.0700. The minimum Gasteiger partial charge on any atom is -0.469 e. The summed E-state index contributed by atoms with van der Waals surface area (Å²) < 4.78 is 4.64. The average molecular weight is 207 g/mol. The van der Waals surface area contributed by atoms with Crippen molar-refractivity contribution in [2.45, 2.75) is 12.8 Å². The first-order valence-electron chi connectivity index (χ1n) is 3.43. The second kappa shape index (κ2) is 3.37. The molecule has 0 spiro atoms. The maximum Gasteiger partial charge on any atom is 0.309 e. The minimum absolute atomic E-state index is 0.0700. The summed E-state index contributed by atoms with van der Waals surface area (Å²) in [6.45, 7) is 0. The molecule has 1 saturated carbocycles. The monoisotopic (exact) mass is 206 g/mol. The fraction of sp³-hybridized carbons (Fsp3) is 0.857. The summed E-state index contributed by atoms with van der Waals surface area (Å²) in [7, 11) is 1.44. The zero-order valence-corrected chi connectivity index (χ0v) is 7.56. The average Bonchev–Trinajstić information content (AvgIpc) is 2.73. The van der Waals surface area contributed by atoms with Crippen LogP contribution in [0.3, 0.4) is 0 Å². The second-order valence-corrected chi connectivity index (χ2v) is 3.27. The van der Waals surface area contributed by atoms with Gasteiger partial charge in [0.2, 0.25) is 0 Å². The molecule has 0 aromatic rings. The van der Waals surface area contributed by atoms with E-state index in [1.54, 1.807) is 0 Å². The van der Waals surface area contributed by atoms with Gasteiger partial charge in [-0.15, -0.1) is 0 Å². The third-order valence-corrected chi connectivity index (χ3v) is 2.56. The highest BCUT2D eigenvalue weighted by molar-refractivity contribution is 9.09. The summed E-state index contributed by atoms with van der Waals surface area (Å²) >= 11 is 3.30. The van der Waals surface area contributed by atoms with E-state index in [-0.39, 0.29) is 11.9 Å². The lowest BCUT2D eigenvalue weighted by Gasteiger charge is -2.08. The first kappa shape index (κ1) is 8.05. The third-order valence-electron chi connectivity index (χ3n) is 1.86. The molecule has 1 rings (SSSR count). The molecule has 0 aromatic carbocycles. The smallest absolute Gasteiger partial charge is 0.309 e. The van der Waals surface area contributed by atoms with Gasteiger partial charge in [-0.05, 0) is 18.8 Å². The first-order valence-corrected chi connectivity index (χ1v) is 4.55. The van der Waals surface area contributed by atoms with Crippen LogP contribution in [0.4, 0.5) is 0 Å². The Bertz CT molecular complexity index is 132. The van der Waals surface area contributed by atoms with Crippen LogP contribution in [0.25, 0.3) is 0 Å². The topological polar surface area (TPSA) is 26.3 Å². The molecule has 1 aliphatic rings. The Morgan fingerprint density at radius 1 is 1.80 bits per heavy atom. The zero-order valence-electron chi connectivity index (χ0n) is 5.97. The van der Waals surface area contributed by atoms with E-state index in [1.165, 1.54) is 20.0 Å². The van der Waals surface area contributed by atoms with Crippen LogP contribution in [0.5, 0.6) is 0 Å². The van der Waals surface area contributed by atoms with Crippen molar-refractivity contribution in [3.8, 4) is 0 Å². The number of methoxy groups -OCH3 is 1. The standard InChI is InChI=1S/C7H11BrO2/c1-10-7(9)6(4-8)5-2-3-5/h5-6H,2-4H2,1H3. The molecule has 0 saturated heterocycles. The van der Waals surface area contributed by atoms with Crippen molar-refractivity contribution < 1.29 is 9.53 Å². The Morgan fingerprint density at radius 2 is 2.40 bits per heavy atom. The number of hydrogen-bond donors (Lipinski definition) is 0. The van der Waals surface area contributed by atoms with Crippen LogP contribution < -0.4 is 0 Å². The van der Waals surface area contributed by atoms with Crippen molar-refractivity contribution in [2.24, 2.45) is 11.8 Å². The van der Waals surface area contributed by atoms with E-state index in [1.807, 2.05) is 0 Å². The summed E-state index contributed by atoms with van der Waals surface area (Å²) in [6.07, 6.45) is 2.37. The summed E-state index contributed by atoms with van der Waals surface area (Å²) in [5, 5.41) is 0.740. The van der Waals surface area contributed by atoms with Gasteiger partial charge < -0.3 is 4.74 Å². The van der Waals surface area contributed by atoms with E-state index in [0.717, 1.165) is 5.33 Å². The third kappa shape index (κ3) is 1.72. The van der Waals surface area contributed by atoms with E-state index in [4.69, 9.17) is 0 Å². The molecule has 3 heteroatoms. The molecule has 1 fully saturated rings. The van der Waals surface area contributed by atoms with E-state index < -0.39 is 0 Å². The highest BCUT2D eigenvalue weighted by Gasteiger charge is 2.35. The maximum absolute atomic E-state index is 11.0. The van der Waals surface area contributed by atoms with Crippen LogP contribution >= 0.6 is 15.9 Å². The number of alkyl halides is 1. The van der Waals surface area contributed by atoms with Gasteiger partial charge in [0.25, 0.3) is 0 Å². The molecule has 0 N–H and O–H groups in total. The molecule has 58 valence electrons. The lowest BCUT2D eigenvalue weighted by Crippen LogP contribution is -2.19. The van der Waals surface area contributed by atoms with E-state index >= 15 is 0 Å². The van der Waals surface area contributed by atoms with Crippen LogP contribution in [0.2, 0.25) is 0 Å². The lowest BCUT2D eigenvalue weighted by molar-refractivity contribution is -0.145. The number of hydrogen-bond acceptors (Lipinski definition) is 2. The van der Waals surface area contributed by atoms with Gasteiger partial charge in [0.05, 0.1) is 13.0 Å². The van der Waals surface area contributed by atoms with Crippen LogP contribution in [0.1, 0.15) is 12.8 Å². The first-order chi connectivity index (χ1) is 4.79. The predicted octanol–water partition coefficient (Wildman–Crippen LogP) is 1.58. The highest BCUT2D eigenvalue weighted by Crippen LogP contribution is 2.38. The van der Waals surface area contributed by atoms with Crippen molar-refractivity contribution >= 4 is 21.9 Å². The van der Waals surface area contributed by atoms with E-state index in [9.17, 15) is 4.79 Å². The predicted molar refractivity (Wildman–Crippen MR) is 42.0 cm³/mol. The van der Waals surface area contributed by atoms with Crippen LogP contribution in [-0.4, -0.2) is 18.4 Å². The fourth-order valence-electron chi connectivity index (χ4n) is 1.03. The molecule has 0 aliphatic heterocycles. The number of rotatable bonds is 3. The Morgan fingerprint density at radius 3 is 2.70 bits per heavy atom. The Labute approximate surface area is 69.1 Å². The van der Waals surface area contributed by atoms with Gasteiger partial charge in [-0.25, -0.2) is 0 Å². The Kier molecular flexibility index (Phi) is 2.72. The number of carbonyl (C=O) groups is 1. The van der Waals surface area contributed by atoms with Gasteiger partial charge in [-0.1, -0.05) is 15.9 Å². The molecule has 10 heavy (non-hydrogen) atoms. The van der Waals surface area contributed by atoms with Crippen molar-refractivity contribution in [1.29, 1.82) is 0 Å². The van der Waals surface area contributed by atoms with Gasteiger partial charge in [0.1, 0.15) is 0 Å². The second-order valence-electron chi connectivity index (χ2n) is 2.62. The Balaban J connectivity index is 2.38. The highest BCUT2D eigenvalue weighted by atomic mass is 79.9. The number of esters is 1. The van der Waals surface area contributed by atoms with Crippen molar-refractivity contribution in [2.75, 3.05) is 12.4 Å². The van der Waals surface area contributed by atoms with Gasteiger partial charge in [0.15, 0.2) is 0 Å². The summed E-state index contributed by atoms with van der Waals surface area (Å²) in [6, 6.07) is 0. The molecule has 0 aromatic heterocycles. The lowest BCUT2D eigenvalue weighted by atomic mass is 10.1. The van der Waals surface area contributed by atoms with Crippen molar-refractivity contribution in [1.82, 2.24) is 0 Å². The molecule has 0 bridgehead atoms. The number of halogens is 1. The molecule has 0 radical (unpaired) electrons. The summed E-state index contributed by atoms with van der Waals surface area (Å²) in [4.78, 5) is 11.0. The van der Waals surface area contributed by atoms with E-state index in [0.29, 0.717) is 5.92 Å². The summed E-state index contributed by atoms with van der Waals surface area (Å²) in [5.41, 5.74) is 0. The quantitative estimate of drug-likeness (QED) is 0.518. The fourth-order valence-corrected chi connectivity index (χ4v) is 1.82. The van der Waals surface area contributed by atoms with E-state index in [2.05, 4.69) is 20.7 Å². The van der Waals surface area contributed by atoms with Gasteiger partial charge in [-0.3, -0.25) is 4.79 Å². The molecule has 1 unspecified atom stereocenters. The van der Waals surface area contributed by atoms with Gasteiger partial charge in [-0.2, -0.15) is 0 Å². The van der Waals surface area contributed by atoms with Crippen molar-refractivity contribution in [3.05, 3.63) is 0 Å². The Hall–Kier alpha value is -0.0500. The molecular weight excluding hydrogens is 196 g/mol. The largest absolute Gasteiger partial charge is 0.469 e. The molecular formula is C7H11BrO2. The molecule has 1 aliphatic carbocycles. The molecule has 2 nitrogen and oxygen atoms in total. The molecule has 0 amide bonds. The zero-order chi connectivity index (χ0) is 7.56. The maximum atomic E-state index is 11.0. The van der Waals surface area contributed by atoms with Gasteiger partial charge >= 0.3 is 5.97 Å². The van der Waals surface area contributed by atoms with Crippen LogP contribution in [0, 0.1) is 11.8 Å². The van der Waals surface area contributed by atoms with Crippen LogP contribution in [-0.2, 0) is 9.53 Å². The number of ether oxygens (including phenoxy) is 1. The van der Waals surface area contributed by atoms with Crippen molar-refractivity contribution in [3.63, 3.8) is 0 Å². The number of carbonyl (C=O) groups excluding carboxylic acids is 1. The van der Waals surface area contributed by atoms with Gasteiger partial charge in [0, 0.05) is 5.33 Å². The molecule has 1 atom stereocenters. The molecule has 0 heterocycles. The normalized spacial score (nSPS) is 20.2. The van der Waals surface area contributed by atoms with Crippen LogP contribution in [0.15, 0.2) is 0 Å².